The Kier molecular flexibility index (Phi) is 2.94. The van der Waals surface area contributed by atoms with Crippen LogP contribution in [-0.4, -0.2) is 21.1 Å². The number of nitrogens with zero attached hydrogens (tertiary/aromatic N) is 2. The summed E-state index contributed by atoms with van der Waals surface area (Å²) < 4.78 is 13.1. The fourth-order valence-electron chi connectivity index (χ4n) is 1.73. The van der Waals surface area contributed by atoms with Crippen molar-refractivity contribution in [2.75, 3.05) is 5.32 Å². The molecule has 1 aliphatic carbocycles. The van der Waals surface area contributed by atoms with Gasteiger partial charge in [0.1, 0.15) is 11.6 Å². The number of rotatable bonds is 3. The Bertz CT molecular complexity index is 618. The van der Waals surface area contributed by atoms with E-state index >= 15 is 0 Å². The van der Waals surface area contributed by atoms with E-state index in [1.54, 1.807) is 0 Å². The van der Waals surface area contributed by atoms with Gasteiger partial charge in [-0.1, -0.05) is 11.6 Å². The molecule has 1 aromatic heterocycles. The smallest absolute Gasteiger partial charge is 0.295 e. The van der Waals surface area contributed by atoms with Crippen LogP contribution in [-0.2, 0) is 0 Å². The van der Waals surface area contributed by atoms with Gasteiger partial charge in [-0.3, -0.25) is 9.89 Å². The van der Waals surface area contributed by atoms with Gasteiger partial charge in [0.2, 0.25) is 5.82 Å². The van der Waals surface area contributed by atoms with Crippen molar-refractivity contribution in [3.63, 3.8) is 0 Å². The van der Waals surface area contributed by atoms with E-state index in [0.717, 1.165) is 24.7 Å². The average molecular weight is 281 g/mol. The normalized spacial score (nSPS) is 14.4. The lowest BCUT2D eigenvalue weighted by molar-refractivity contribution is 0.101. The molecule has 19 heavy (non-hydrogen) atoms. The molecule has 5 nitrogen and oxygen atoms in total. The number of carbonyl (C=O) groups is 1. The molecule has 1 fully saturated rings. The number of aromatic amines is 1. The molecule has 1 heterocycles. The van der Waals surface area contributed by atoms with Crippen molar-refractivity contribution < 1.29 is 9.18 Å². The van der Waals surface area contributed by atoms with Gasteiger partial charge in [-0.05, 0) is 31.0 Å². The van der Waals surface area contributed by atoms with E-state index in [-0.39, 0.29) is 16.5 Å². The number of carbonyl (C=O) groups excluding carboxylic acids is 1. The molecule has 1 aromatic carbocycles. The first-order chi connectivity index (χ1) is 9.11. The quantitative estimate of drug-likeness (QED) is 0.908. The minimum absolute atomic E-state index is 0.0438. The lowest BCUT2D eigenvalue weighted by Crippen LogP contribution is -2.14. The van der Waals surface area contributed by atoms with E-state index in [1.807, 2.05) is 0 Å². The summed E-state index contributed by atoms with van der Waals surface area (Å²) in [7, 11) is 0. The van der Waals surface area contributed by atoms with E-state index in [9.17, 15) is 9.18 Å². The van der Waals surface area contributed by atoms with E-state index < -0.39 is 11.7 Å². The molecule has 0 saturated heterocycles. The van der Waals surface area contributed by atoms with Gasteiger partial charge in [0.15, 0.2) is 0 Å². The number of anilines is 1. The molecule has 0 unspecified atom stereocenters. The van der Waals surface area contributed by atoms with Crippen LogP contribution in [0.4, 0.5) is 10.1 Å². The van der Waals surface area contributed by atoms with Crippen LogP contribution >= 0.6 is 11.6 Å². The van der Waals surface area contributed by atoms with E-state index in [2.05, 4.69) is 20.5 Å². The number of hydrogen-bond acceptors (Lipinski definition) is 3. The number of hydrogen-bond donors (Lipinski definition) is 2. The summed E-state index contributed by atoms with van der Waals surface area (Å²) in [6.07, 6.45) is 2.13. The van der Waals surface area contributed by atoms with Crippen molar-refractivity contribution in [2.24, 2.45) is 0 Å². The summed E-state index contributed by atoms with van der Waals surface area (Å²) >= 11 is 5.70. The van der Waals surface area contributed by atoms with E-state index in [0.29, 0.717) is 5.92 Å². The topological polar surface area (TPSA) is 70.7 Å². The minimum Gasteiger partial charge on any atom is -0.319 e. The zero-order chi connectivity index (χ0) is 13.4. The van der Waals surface area contributed by atoms with Crippen LogP contribution in [0, 0.1) is 5.82 Å². The Hall–Kier alpha value is -1.95. The van der Waals surface area contributed by atoms with Crippen LogP contribution in [0.2, 0.25) is 5.02 Å². The minimum atomic E-state index is -0.517. The SMILES string of the molecule is O=C(Nc1cc(F)cc(Cl)c1)c1n[nH]c(C2CC2)n1. The predicted molar refractivity (Wildman–Crippen MR) is 67.7 cm³/mol. The largest absolute Gasteiger partial charge is 0.319 e. The van der Waals surface area contributed by atoms with Crippen molar-refractivity contribution in [3.05, 3.63) is 40.7 Å². The van der Waals surface area contributed by atoms with Crippen molar-refractivity contribution in [1.82, 2.24) is 15.2 Å². The van der Waals surface area contributed by atoms with Crippen LogP contribution in [0.1, 0.15) is 35.2 Å². The first-order valence-electron chi connectivity index (χ1n) is 5.81. The zero-order valence-electron chi connectivity index (χ0n) is 9.78. The van der Waals surface area contributed by atoms with Crippen molar-refractivity contribution in [2.45, 2.75) is 18.8 Å². The van der Waals surface area contributed by atoms with Gasteiger partial charge in [-0.2, -0.15) is 0 Å². The predicted octanol–water partition coefficient (Wildman–Crippen LogP) is 2.73. The molecule has 0 radical (unpaired) electrons. The molecule has 1 amide bonds. The zero-order valence-corrected chi connectivity index (χ0v) is 10.5. The van der Waals surface area contributed by atoms with Crippen LogP contribution in [0.25, 0.3) is 0 Å². The average Bonchev–Trinajstić information content (AvgIpc) is 3.05. The lowest BCUT2D eigenvalue weighted by Gasteiger charge is -2.03. The molecule has 3 rings (SSSR count). The number of benzene rings is 1. The monoisotopic (exact) mass is 280 g/mol. The number of aromatic nitrogens is 3. The van der Waals surface area contributed by atoms with Crippen molar-refractivity contribution >= 4 is 23.2 Å². The summed E-state index contributed by atoms with van der Waals surface area (Å²) in [5.41, 5.74) is 0.271. The molecular weight excluding hydrogens is 271 g/mol. The molecule has 2 N–H and O–H groups in total. The standard InChI is InChI=1S/C12H10ClFN4O/c13-7-3-8(14)5-9(4-7)15-12(19)11-16-10(17-18-11)6-1-2-6/h3-6H,1-2H2,(H,15,19)(H,16,17,18). The Morgan fingerprint density at radius 1 is 1.42 bits per heavy atom. The maximum atomic E-state index is 13.1. The van der Waals surface area contributed by atoms with E-state index in [1.165, 1.54) is 12.1 Å². The van der Waals surface area contributed by atoms with Gasteiger partial charge in [0.05, 0.1) is 0 Å². The Morgan fingerprint density at radius 3 is 2.89 bits per heavy atom. The molecular formula is C12H10ClFN4O. The second-order valence-corrected chi connectivity index (χ2v) is 4.87. The molecule has 1 aliphatic rings. The fraction of sp³-hybridized carbons (Fsp3) is 0.250. The highest BCUT2D eigenvalue weighted by molar-refractivity contribution is 6.31. The van der Waals surface area contributed by atoms with Crippen LogP contribution in [0.3, 0.4) is 0 Å². The summed E-state index contributed by atoms with van der Waals surface area (Å²) in [5, 5.41) is 9.29. The molecule has 0 atom stereocenters. The van der Waals surface area contributed by atoms with Gasteiger partial charge in [-0.25, -0.2) is 9.37 Å². The highest BCUT2D eigenvalue weighted by Crippen LogP contribution is 2.37. The van der Waals surface area contributed by atoms with Crippen molar-refractivity contribution in [1.29, 1.82) is 0 Å². The third-order valence-corrected chi connectivity index (χ3v) is 3.01. The highest BCUT2D eigenvalue weighted by Gasteiger charge is 2.28. The number of amides is 1. The summed E-state index contributed by atoms with van der Waals surface area (Å²) in [5.74, 6) is 0.142. The second-order valence-electron chi connectivity index (χ2n) is 4.43. The van der Waals surface area contributed by atoms with Crippen LogP contribution in [0.5, 0.6) is 0 Å². The Labute approximate surface area is 113 Å². The van der Waals surface area contributed by atoms with Crippen molar-refractivity contribution in [3.8, 4) is 0 Å². The molecule has 2 aromatic rings. The van der Waals surface area contributed by atoms with Gasteiger partial charge in [0, 0.05) is 16.6 Å². The van der Waals surface area contributed by atoms with Crippen LogP contribution < -0.4 is 5.32 Å². The third-order valence-electron chi connectivity index (χ3n) is 2.79. The molecule has 98 valence electrons. The maximum Gasteiger partial charge on any atom is 0.295 e. The molecule has 0 aliphatic heterocycles. The van der Waals surface area contributed by atoms with Gasteiger partial charge < -0.3 is 5.32 Å². The highest BCUT2D eigenvalue weighted by atomic mass is 35.5. The Balaban J connectivity index is 1.75. The van der Waals surface area contributed by atoms with Gasteiger partial charge in [-0.15, -0.1) is 5.10 Å². The first kappa shape index (κ1) is 12.1. The summed E-state index contributed by atoms with van der Waals surface area (Å²) in [6.45, 7) is 0. The van der Waals surface area contributed by atoms with Gasteiger partial charge in [0.25, 0.3) is 5.91 Å². The summed E-state index contributed by atoms with van der Waals surface area (Å²) in [6, 6.07) is 3.80. The number of H-pyrrole nitrogens is 1. The van der Waals surface area contributed by atoms with Crippen LogP contribution in [0.15, 0.2) is 18.2 Å². The lowest BCUT2D eigenvalue weighted by atomic mass is 10.3. The summed E-state index contributed by atoms with van der Waals surface area (Å²) in [4.78, 5) is 16.0. The first-order valence-corrected chi connectivity index (χ1v) is 6.19. The fourth-order valence-corrected chi connectivity index (χ4v) is 1.95. The molecule has 0 spiro atoms. The number of nitrogens with one attached hydrogen (secondary N) is 2. The van der Waals surface area contributed by atoms with E-state index in [4.69, 9.17) is 11.6 Å². The molecule has 1 saturated carbocycles. The van der Waals surface area contributed by atoms with Gasteiger partial charge >= 0.3 is 0 Å². The maximum absolute atomic E-state index is 13.1. The third kappa shape index (κ3) is 2.73. The Morgan fingerprint density at radius 2 is 2.21 bits per heavy atom. The molecule has 7 heteroatoms. The molecule has 0 bridgehead atoms. The number of halogens is 2. The second kappa shape index (κ2) is 4.62.